The van der Waals surface area contributed by atoms with Crippen LogP contribution in [-0.2, 0) is 18.4 Å². The summed E-state index contributed by atoms with van der Waals surface area (Å²) in [7, 11) is 3.10. The lowest BCUT2D eigenvalue weighted by atomic mass is 9.98. The van der Waals surface area contributed by atoms with Crippen molar-refractivity contribution in [3.63, 3.8) is 0 Å². The molecule has 2 aromatic heterocycles. The Morgan fingerprint density at radius 3 is 2.55 bits per heavy atom. The van der Waals surface area contributed by atoms with E-state index < -0.39 is 29.2 Å². The summed E-state index contributed by atoms with van der Waals surface area (Å²) in [4.78, 5) is 44.0. The van der Waals surface area contributed by atoms with E-state index in [2.05, 4.69) is 32.6 Å². The van der Waals surface area contributed by atoms with Crippen molar-refractivity contribution in [2.75, 3.05) is 13.7 Å². The number of carbonyl (C=O) groups excluding carboxylic acids is 3. The van der Waals surface area contributed by atoms with Crippen LogP contribution in [0.25, 0.3) is 22.5 Å². The molecule has 0 bridgehead atoms. The third-order valence-corrected chi connectivity index (χ3v) is 7.10. The largest absolute Gasteiger partial charge is 0.506 e. The lowest BCUT2D eigenvalue weighted by Crippen LogP contribution is -2.54. The average molecular weight is 567 g/mol. The van der Waals surface area contributed by atoms with Crippen molar-refractivity contribution in [2.24, 2.45) is 7.05 Å². The van der Waals surface area contributed by atoms with Gasteiger partial charge in [-0.3, -0.25) is 19.6 Å². The Bertz CT molecular complexity index is 1840. The standard InChI is InChI=1S/C30H23FN6O5/c1-36-14-20(13-32-36)21-8-9-22(38)26(33-21)18-5-3-17(4-6-18)11-12-30(28(40)34-29(41)35-30)16-37-15-19-7-10-23(42-2)25(31)24(19)27(37)39/h3-10,13-14,38H,15-16H2,1-2H3,(H2,34,35,40,41)/t30-/m1/s1. The molecule has 3 N–H and O–H groups in total. The number of halogens is 1. The van der Waals surface area contributed by atoms with E-state index >= 15 is 0 Å². The molecular weight excluding hydrogens is 543 g/mol. The van der Waals surface area contributed by atoms with E-state index in [9.17, 15) is 23.9 Å². The van der Waals surface area contributed by atoms with E-state index in [-0.39, 0.29) is 30.2 Å². The SMILES string of the molecule is COc1ccc2c(c1F)C(=O)N(C[C@@]1(C#Cc3ccc(-c4nc(-c5cnn(C)c5)ccc4O)cc3)NC(=O)NC1=O)C2. The number of hydrogen-bond donors (Lipinski definition) is 3. The van der Waals surface area contributed by atoms with Crippen LogP contribution in [-0.4, -0.2) is 61.8 Å². The smallest absolute Gasteiger partial charge is 0.323 e. The number of fused-ring (bicyclic) bond motifs is 1. The minimum atomic E-state index is -1.76. The van der Waals surface area contributed by atoms with Crippen LogP contribution in [0, 0.1) is 17.7 Å². The summed E-state index contributed by atoms with van der Waals surface area (Å²) in [6.45, 7) is -0.269. The first-order chi connectivity index (χ1) is 20.2. The maximum Gasteiger partial charge on any atom is 0.323 e. The second-order valence-corrected chi connectivity index (χ2v) is 9.88. The normalized spacial score (nSPS) is 17.4. The van der Waals surface area contributed by atoms with Gasteiger partial charge in [0.2, 0.25) is 5.54 Å². The Kier molecular flexibility index (Phi) is 6.34. The quantitative estimate of drug-likeness (QED) is 0.249. The molecule has 1 atom stereocenters. The number of nitrogens with one attached hydrogen (secondary N) is 2. The van der Waals surface area contributed by atoms with Gasteiger partial charge in [0.05, 0.1) is 31.1 Å². The third-order valence-electron chi connectivity index (χ3n) is 7.10. The lowest BCUT2D eigenvalue weighted by molar-refractivity contribution is -0.122. The Morgan fingerprint density at radius 2 is 1.88 bits per heavy atom. The van der Waals surface area contributed by atoms with Crippen molar-refractivity contribution in [2.45, 2.75) is 12.1 Å². The van der Waals surface area contributed by atoms with Gasteiger partial charge >= 0.3 is 6.03 Å². The van der Waals surface area contributed by atoms with Gasteiger partial charge in [-0.1, -0.05) is 30.0 Å². The highest BCUT2D eigenvalue weighted by Gasteiger charge is 2.48. The summed E-state index contributed by atoms with van der Waals surface area (Å²) in [5, 5.41) is 19.3. The van der Waals surface area contributed by atoms with Crippen LogP contribution in [0.3, 0.4) is 0 Å². The minimum Gasteiger partial charge on any atom is -0.506 e. The van der Waals surface area contributed by atoms with Gasteiger partial charge in [-0.15, -0.1) is 0 Å². The second-order valence-electron chi connectivity index (χ2n) is 9.88. The van der Waals surface area contributed by atoms with Crippen molar-refractivity contribution in [1.82, 2.24) is 30.3 Å². The second kappa shape index (κ2) is 10.0. The van der Waals surface area contributed by atoms with Gasteiger partial charge in [0.15, 0.2) is 11.6 Å². The molecule has 42 heavy (non-hydrogen) atoms. The molecule has 1 fully saturated rings. The monoisotopic (exact) mass is 566 g/mol. The van der Waals surface area contributed by atoms with E-state index in [0.717, 1.165) is 5.56 Å². The number of urea groups is 1. The topological polar surface area (TPSA) is 139 Å². The predicted molar refractivity (Wildman–Crippen MR) is 148 cm³/mol. The number of amides is 4. The van der Waals surface area contributed by atoms with Crippen LogP contribution >= 0.6 is 0 Å². The Morgan fingerprint density at radius 1 is 1.10 bits per heavy atom. The van der Waals surface area contributed by atoms with Crippen molar-refractivity contribution in [3.05, 3.63) is 83.4 Å². The number of methoxy groups -OCH3 is 1. The van der Waals surface area contributed by atoms with Crippen molar-refractivity contribution in [3.8, 4) is 45.9 Å². The number of pyridine rings is 1. The summed E-state index contributed by atoms with van der Waals surface area (Å²) < 4.78 is 21.5. The van der Waals surface area contributed by atoms with E-state index in [1.54, 1.807) is 60.4 Å². The fraction of sp³-hybridized carbons (Fsp3) is 0.167. The molecule has 4 heterocycles. The molecule has 2 aromatic carbocycles. The van der Waals surface area contributed by atoms with Crippen LogP contribution in [0.2, 0.25) is 0 Å². The molecule has 0 spiro atoms. The molecule has 12 heteroatoms. The zero-order valence-electron chi connectivity index (χ0n) is 22.4. The number of benzene rings is 2. The number of ether oxygens (including phenoxy) is 1. The predicted octanol–water partition coefficient (Wildman–Crippen LogP) is 2.59. The van der Waals surface area contributed by atoms with Gasteiger partial charge in [-0.05, 0) is 35.9 Å². The van der Waals surface area contributed by atoms with E-state index in [4.69, 9.17) is 4.74 Å². The highest BCUT2D eigenvalue weighted by Crippen LogP contribution is 2.33. The van der Waals surface area contributed by atoms with E-state index in [0.29, 0.717) is 28.1 Å². The van der Waals surface area contributed by atoms with Gasteiger partial charge in [0, 0.05) is 36.5 Å². The molecule has 4 aromatic rings. The molecule has 0 unspecified atom stereocenters. The molecule has 4 amide bonds. The van der Waals surface area contributed by atoms with E-state index in [1.807, 2.05) is 6.20 Å². The molecule has 0 saturated carbocycles. The van der Waals surface area contributed by atoms with Gasteiger partial charge in [0.1, 0.15) is 11.4 Å². The first-order valence-corrected chi connectivity index (χ1v) is 12.8. The molecule has 1 saturated heterocycles. The fourth-order valence-corrected chi connectivity index (χ4v) is 4.97. The Balaban J connectivity index is 1.27. The Labute approximate surface area is 238 Å². The molecule has 210 valence electrons. The third kappa shape index (κ3) is 4.56. The average Bonchev–Trinajstić information content (AvgIpc) is 3.63. The molecular formula is C30H23FN6O5. The number of carbonyl (C=O) groups is 3. The summed E-state index contributed by atoms with van der Waals surface area (Å²) in [6.07, 6.45) is 3.49. The molecule has 2 aliphatic heterocycles. The minimum absolute atomic E-state index is 0.00361. The summed E-state index contributed by atoms with van der Waals surface area (Å²) in [6, 6.07) is 12.3. The maximum absolute atomic E-state index is 14.8. The van der Waals surface area contributed by atoms with Gasteiger partial charge < -0.3 is 20.1 Å². The first-order valence-electron chi connectivity index (χ1n) is 12.8. The van der Waals surface area contributed by atoms with Crippen LogP contribution in [0.1, 0.15) is 21.5 Å². The summed E-state index contributed by atoms with van der Waals surface area (Å²) in [5.41, 5.74) is 1.47. The zero-order chi connectivity index (χ0) is 29.6. The number of aromatic hydroxyl groups is 1. The number of hydrogen-bond acceptors (Lipinski definition) is 7. The number of nitrogens with zero attached hydrogens (tertiary/aromatic N) is 4. The highest BCUT2D eigenvalue weighted by atomic mass is 19.1. The van der Waals surface area contributed by atoms with Crippen LogP contribution in [0.15, 0.2) is 60.9 Å². The van der Waals surface area contributed by atoms with Gasteiger partial charge in [0.25, 0.3) is 11.8 Å². The van der Waals surface area contributed by atoms with Gasteiger partial charge in [-0.2, -0.15) is 5.10 Å². The number of imide groups is 1. The Hall–Kier alpha value is -5.70. The molecule has 0 aliphatic carbocycles. The van der Waals surface area contributed by atoms with Crippen molar-refractivity contribution >= 4 is 17.8 Å². The first kappa shape index (κ1) is 26.5. The summed E-state index contributed by atoms with van der Waals surface area (Å²) >= 11 is 0. The zero-order valence-corrected chi connectivity index (χ0v) is 22.4. The number of rotatable bonds is 5. The number of aryl methyl sites for hydroxylation is 1. The maximum atomic E-state index is 14.8. The molecule has 2 aliphatic rings. The van der Waals surface area contributed by atoms with Gasteiger partial charge in [-0.25, -0.2) is 14.2 Å². The molecule has 0 radical (unpaired) electrons. The molecule has 11 nitrogen and oxygen atoms in total. The van der Waals surface area contributed by atoms with Crippen molar-refractivity contribution < 1.29 is 28.6 Å². The fourth-order valence-electron chi connectivity index (χ4n) is 4.97. The van der Waals surface area contributed by atoms with E-state index in [1.165, 1.54) is 18.1 Å². The van der Waals surface area contributed by atoms with Crippen LogP contribution in [0.5, 0.6) is 11.5 Å². The lowest BCUT2D eigenvalue weighted by Gasteiger charge is -2.26. The molecule has 6 rings (SSSR count). The number of aromatic nitrogens is 3. The highest BCUT2D eigenvalue weighted by molar-refractivity contribution is 6.10. The van der Waals surface area contributed by atoms with Crippen LogP contribution < -0.4 is 15.4 Å². The summed E-state index contributed by atoms with van der Waals surface area (Å²) in [5.74, 6) is 3.51. The van der Waals surface area contributed by atoms with Crippen molar-refractivity contribution in [1.29, 1.82) is 0 Å². The van der Waals surface area contributed by atoms with Crippen LogP contribution in [0.4, 0.5) is 9.18 Å².